The zero-order valence-electron chi connectivity index (χ0n) is 13.7. The maximum absolute atomic E-state index is 5.80. The van der Waals surface area contributed by atoms with Gasteiger partial charge >= 0.3 is 0 Å². The molecule has 2 aromatic rings. The Morgan fingerprint density at radius 3 is 2.46 bits per heavy atom. The summed E-state index contributed by atoms with van der Waals surface area (Å²) in [4.78, 5) is 7.93. The van der Waals surface area contributed by atoms with Gasteiger partial charge in [0.1, 0.15) is 0 Å². The number of ether oxygens (including phenoxy) is 2. The lowest BCUT2D eigenvalue weighted by atomic mass is 10.2. The fraction of sp³-hybridized carbons (Fsp3) is 0.647. The molecule has 7 heteroatoms. The van der Waals surface area contributed by atoms with E-state index in [1.807, 2.05) is 17.5 Å². The van der Waals surface area contributed by atoms with Crippen molar-refractivity contribution in [2.45, 2.75) is 44.4 Å². The molecular formula is C17H23N3O3S. The lowest BCUT2D eigenvalue weighted by molar-refractivity contribution is 0.0309. The van der Waals surface area contributed by atoms with Crippen LogP contribution in [0.15, 0.2) is 22.0 Å². The van der Waals surface area contributed by atoms with Crippen molar-refractivity contribution in [3.63, 3.8) is 0 Å². The lowest BCUT2D eigenvalue weighted by Gasteiger charge is -2.26. The highest BCUT2D eigenvalue weighted by Crippen LogP contribution is 2.23. The Kier molecular flexibility index (Phi) is 5.22. The van der Waals surface area contributed by atoms with Gasteiger partial charge in [0.15, 0.2) is 0 Å². The average Bonchev–Trinajstić information content (AvgIpc) is 3.37. The van der Waals surface area contributed by atoms with Crippen LogP contribution in [-0.4, -0.2) is 53.6 Å². The van der Waals surface area contributed by atoms with Crippen LogP contribution in [-0.2, 0) is 16.0 Å². The first-order chi connectivity index (χ1) is 11.9. The second kappa shape index (κ2) is 7.74. The van der Waals surface area contributed by atoms with Crippen molar-refractivity contribution in [3.8, 4) is 10.7 Å². The van der Waals surface area contributed by atoms with Crippen LogP contribution in [0.25, 0.3) is 10.7 Å². The zero-order valence-corrected chi connectivity index (χ0v) is 14.5. The number of hydrogen-bond donors (Lipinski definition) is 0. The van der Waals surface area contributed by atoms with Gasteiger partial charge < -0.3 is 14.0 Å². The van der Waals surface area contributed by atoms with Crippen LogP contribution < -0.4 is 0 Å². The summed E-state index contributed by atoms with van der Waals surface area (Å²) in [5.74, 6) is 1.34. The molecule has 0 radical (unpaired) electrons. The molecule has 2 saturated heterocycles. The standard InChI is InChI=1S/C17H23N3O3S/c1-4-13(21-7-1)10-20(11-14-5-2-8-22-14)12-16-18-17(19-23-16)15-6-3-9-24-15/h3,6,9,13-14H,1-2,4-5,7-8,10-12H2. The quantitative estimate of drug-likeness (QED) is 0.766. The largest absolute Gasteiger partial charge is 0.377 e. The molecule has 2 fully saturated rings. The van der Waals surface area contributed by atoms with Gasteiger partial charge in [-0.3, -0.25) is 4.90 Å². The van der Waals surface area contributed by atoms with Crippen LogP contribution in [0.2, 0.25) is 0 Å². The average molecular weight is 349 g/mol. The minimum absolute atomic E-state index is 0.311. The summed E-state index contributed by atoms with van der Waals surface area (Å²) < 4.78 is 17.1. The third-order valence-corrected chi connectivity index (χ3v) is 5.41. The minimum atomic E-state index is 0.311. The van der Waals surface area contributed by atoms with Crippen molar-refractivity contribution < 1.29 is 14.0 Å². The first-order valence-corrected chi connectivity index (χ1v) is 9.57. The highest BCUT2D eigenvalue weighted by Gasteiger charge is 2.25. The van der Waals surface area contributed by atoms with Gasteiger partial charge in [0.25, 0.3) is 0 Å². The number of hydrogen-bond acceptors (Lipinski definition) is 7. The van der Waals surface area contributed by atoms with Crippen LogP contribution >= 0.6 is 11.3 Å². The first-order valence-electron chi connectivity index (χ1n) is 8.69. The van der Waals surface area contributed by atoms with Crippen LogP contribution in [0.3, 0.4) is 0 Å². The molecule has 0 amide bonds. The van der Waals surface area contributed by atoms with Gasteiger partial charge in [-0.25, -0.2) is 0 Å². The van der Waals surface area contributed by atoms with Crippen molar-refractivity contribution in [2.24, 2.45) is 0 Å². The van der Waals surface area contributed by atoms with E-state index in [-0.39, 0.29) is 0 Å². The van der Waals surface area contributed by atoms with Gasteiger partial charge in [0, 0.05) is 26.3 Å². The second-order valence-corrected chi connectivity index (χ2v) is 7.40. The molecule has 0 N–H and O–H groups in total. The summed E-state index contributed by atoms with van der Waals surface area (Å²) in [5, 5.41) is 6.13. The zero-order chi connectivity index (χ0) is 16.2. The molecule has 6 nitrogen and oxygen atoms in total. The summed E-state index contributed by atoms with van der Waals surface area (Å²) in [7, 11) is 0. The predicted molar refractivity (Wildman–Crippen MR) is 90.8 cm³/mol. The molecule has 4 rings (SSSR count). The summed E-state index contributed by atoms with van der Waals surface area (Å²) in [6, 6.07) is 4.01. The van der Waals surface area contributed by atoms with Gasteiger partial charge in [0.05, 0.1) is 23.6 Å². The third kappa shape index (κ3) is 4.03. The normalized spacial score (nSPS) is 24.2. The van der Waals surface area contributed by atoms with Crippen molar-refractivity contribution >= 4 is 11.3 Å². The smallest absolute Gasteiger partial charge is 0.241 e. The summed E-state index contributed by atoms with van der Waals surface area (Å²) in [6.07, 6.45) is 5.19. The Labute approximate surface area is 145 Å². The fourth-order valence-corrected chi connectivity index (χ4v) is 4.02. The molecule has 2 aliphatic rings. The topological polar surface area (TPSA) is 60.6 Å². The van der Waals surface area contributed by atoms with E-state index in [9.17, 15) is 0 Å². The minimum Gasteiger partial charge on any atom is -0.377 e. The van der Waals surface area contributed by atoms with Crippen molar-refractivity contribution in [2.75, 3.05) is 26.3 Å². The maximum Gasteiger partial charge on any atom is 0.241 e. The summed E-state index contributed by atoms with van der Waals surface area (Å²) >= 11 is 1.62. The van der Waals surface area contributed by atoms with Crippen molar-refractivity contribution in [1.82, 2.24) is 15.0 Å². The molecule has 0 aromatic carbocycles. The predicted octanol–water partition coefficient (Wildman–Crippen LogP) is 2.96. The molecule has 2 atom stereocenters. The molecule has 0 bridgehead atoms. The van der Waals surface area contributed by atoms with Crippen LogP contribution in [0.4, 0.5) is 0 Å². The van der Waals surface area contributed by atoms with E-state index in [1.54, 1.807) is 11.3 Å². The number of thiophene rings is 1. The van der Waals surface area contributed by atoms with E-state index in [1.165, 1.54) is 0 Å². The number of rotatable bonds is 7. The van der Waals surface area contributed by atoms with E-state index in [0.717, 1.165) is 56.9 Å². The monoisotopic (exact) mass is 349 g/mol. The Morgan fingerprint density at radius 2 is 1.88 bits per heavy atom. The van der Waals surface area contributed by atoms with Crippen LogP contribution in [0.5, 0.6) is 0 Å². The Morgan fingerprint density at radius 1 is 1.12 bits per heavy atom. The molecule has 0 aliphatic carbocycles. The Balaban J connectivity index is 1.41. The molecule has 130 valence electrons. The van der Waals surface area contributed by atoms with E-state index in [0.29, 0.717) is 30.5 Å². The van der Waals surface area contributed by atoms with Gasteiger partial charge in [-0.1, -0.05) is 11.2 Å². The SMILES string of the molecule is c1csc(-c2noc(CN(CC3CCCO3)CC3CCCO3)n2)c1. The lowest BCUT2D eigenvalue weighted by Crippen LogP contribution is -2.37. The first kappa shape index (κ1) is 16.2. The van der Waals surface area contributed by atoms with Gasteiger partial charge in [-0.05, 0) is 37.1 Å². The Bertz CT molecular complexity index is 601. The highest BCUT2D eigenvalue weighted by atomic mass is 32.1. The molecule has 2 aliphatic heterocycles. The van der Waals surface area contributed by atoms with E-state index >= 15 is 0 Å². The van der Waals surface area contributed by atoms with Crippen LogP contribution in [0, 0.1) is 0 Å². The molecule has 4 heterocycles. The maximum atomic E-state index is 5.80. The second-order valence-electron chi connectivity index (χ2n) is 6.45. The number of aromatic nitrogens is 2. The van der Waals surface area contributed by atoms with E-state index < -0.39 is 0 Å². The molecule has 24 heavy (non-hydrogen) atoms. The summed E-state index contributed by atoms with van der Waals surface area (Å²) in [5.41, 5.74) is 0. The van der Waals surface area contributed by atoms with Crippen molar-refractivity contribution in [3.05, 3.63) is 23.4 Å². The van der Waals surface area contributed by atoms with Crippen LogP contribution in [0.1, 0.15) is 31.6 Å². The van der Waals surface area contributed by atoms with Gasteiger partial charge in [0.2, 0.25) is 11.7 Å². The van der Waals surface area contributed by atoms with E-state index in [2.05, 4.69) is 15.0 Å². The molecule has 2 unspecified atom stereocenters. The van der Waals surface area contributed by atoms with Gasteiger partial charge in [-0.15, -0.1) is 11.3 Å². The van der Waals surface area contributed by atoms with E-state index in [4.69, 9.17) is 14.0 Å². The summed E-state index contributed by atoms with van der Waals surface area (Å²) in [6.45, 7) is 4.20. The highest BCUT2D eigenvalue weighted by molar-refractivity contribution is 7.13. The molecule has 0 saturated carbocycles. The molecule has 0 spiro atoms. The number of nitrogens with zero attached hydrogens (tertiary/aromatic N) is 3. The molecule has 2 aromatic heterocycles. The fourth-order valence-electron chi connectivity index (χ4n) is 3.37. The van der Waals surface area contributed by atoms with Gasteiger partial charge in [-0.2, -0.15) is 4.98 Å². The molecular weight excluding hydrogens is 326 g/mol. The Hall–Kier alpha value is -1.28. The third-order valence-electron chi connectivity index (χ3n) is 4.54. The van der Waals surface area contributed by atoms with Crippen molar-refractivity contribution in [1.29, 1.82) is 0 Å².